The highest BCUT2D eigenvalue weighted by Crippen LogP contribution is 2.34. The van der Waals surface area contributed by atoms with E-state index in [2.05, 4.69) is 20.2 Å². The molecule has 4 aromatic rings. The molecule has 0 saturated heterocycles. The molecule has 1 aliphatic carbocycles. The van der Waals surface area contributed by atoms with Crippen molar-refractivity contribution in [2.75, 3.05) is 0 Å². The Morgan fingerprint density at radius 1 is 1.21 bits per heavy atom. The number of fused-ring (bicyclic) bond motifs is 3. The lowest BCUT2D eigenvalue weighted by Gasteiger charge is -2.09. The molecule has 1 N–H and O–H groups in total. The van der Waals surface area contributed by atoms with Crippen molar-refractivity contribution in [2.45, 2.75) is 50.4 Å². The molecule has 0 aromatic carbocycles. The summed E-state index contributed by atoms with van der Waals surface area (Å²) in [4.78, 5) is 22.3. The minimum absolute atomic E-state index is 0.0531. The molecule has 7 nitrogen and oxygen atoms in total. The van der Waals surface area contributed by atoms with Crippen molar-refractivity contribution in [3.05, 3.63) is 44.3 Å². The van der Waals surface area contributed by atoms with E-state index in [1.54, 1.807) is 11.3 Å². The van der Waals surface area contributed by atoms with Crippen LogP contribution in [0, 0.1) is 13.8 Å². The Balaban J connectivity index is 1.38. The van der Waals surface area contributed by atoms with Crippen molar-refractivity contribution in [3.8, 4) is 11.5 Å². The second-order valence-electron chi connectivity index (χ2n) is 6.88. The van der Waals surface area contributed by atoms with Gasteiger partial charge in [0.15, 0.2) is 5.16 Å². The topological polar surface area (TPSA) is 97.8 Å². The monoisotopic (exact) mass is 414 g/mol. The molecule has 4 aromatic heterocycles. The summed E-state index contributed by atoms with van der Waals surface area (Å²) in [5.74, 6) is 2.90. The van der Waals surface area contributed by atoms with E-state index >= 15 is 0 Å². The Morgan fingerprint density at radius 3 is 2.89 bits per heavy atom. The van der Waals surface area contributed by atoms with Gasteiger partial charge in [0.1, 0.15) is 16.4 Å². The number of rotatable bonds is 4. The van der Waals surface area contributed by atoms with E-state index in [0.29, 0.717) is 22.7 Å². The number of nitrogens with zero attached hydrogens (tertiary/aromatic N) is 3. The van der Waals surface area contributed by atoms with E-state index < -0.39 is 0 Å². The van der Waals surface area contributed by atoms with Crippen LogP contribution in [0.2, 0.25) is 0 Å². The zero-order chi connectivity index (χ0) is 19.3. The van der Waals surface area contributed by atoms with Gasteiger partial charge in [0.2, 0.25) is 5.89 Å². The first-order chi connectivity index (χ1) is 13.6. The van der Waals surface area contributed by atoms with Crippen molar-refractivity contribution >= 4 is 33.3 Å². The van der Waals surface area contributed by atoms with E-state index in [1.807, 2.05) is 19.9 Å². The number of furan rings is 1. The maximum atomic E-state index is 12.6. The van der Waals surface area contributed by atoms with Crippen LogP contribution in [0.3, 0.4) is 0 Å². The number of thiophene rings is 1. The van der Waals surface area contributed by atoms with E-state index in [-0.39, 0.29) is 5.56 Å². The van der Waals surface area contributed by atoms with E-state index in [0.717, 1.165) is 46.6 Å². The average Bonchev–Trinajstić information content (AvgIpc) is 3.36. The summed E-state index contributed by atoms with van der Waals surface area (Å²) in [6.45, 7) is 3.75. The van der Waals surface area contributed by atoms with Crippen LogP contribution in [0.4, 0.5) is 0 Å². The first-order valence-corrected chi connectivity index (χ1v) is 11.0. The van der Waals surface area contributed by atoms with Crippen LogP contribution in [0.5, 0.6) is 0 Å². The third kappa shape index (κ3) is 3.08. The summed E-state index contributed by atoms with van der Waals surface area (Å²) in [5.41, 5.74) is 1.95. The van der Waals surface area contributed by atoms with Crippen LogP contribution in [0.1, 0.15) is 40.7 Å². The average molecular weight is 415 g/mol. The number of thioether (sulfide) groups is 1. The highest BCUT2D eigenvalue weighted by molar-refractivity contribution is 7.98. The predicted molar refractivity (Wildman–Crippen MR) is 108 cm³/mol. The summed E-state index contributed by atoms with van der Waals surface area (Å²) in [7, 11) is 0. The lowest BCUT2D eigenvalue weighted by molar-refractivity contribution is 0.499. The molecule has 0 unspecified atom stereocenters. The highest BCUT2D eigenvalue weighted by atomic mass is 32.2. The van der Waals surface area contributed by atoms with Gasteiger partial charge in [0, 0.05) is 4.88 Å². The number of nitrogens with one attached hydrogen (secondary N) is 1. The van der Waals surface area contributed by atoms with Crippen molar-refractivity contribution in [2.24, 2.45) is 0 Å². The lowest BCUT2D eigenvalue weighted by Crippen LogP contribution is -2.10. The summed E-state index contributed by atoms with van der Waals surface area (Å²) < 4.78 is 11.3. The largest absolute Gasteiger partial charge is 0.466 e. The maximum Gasteiger partial charge on any atom is 0.260 e. The van der Waals surface area contributed by atoms with Gasteiger partial charge in [0.25, 0.3) is 11.4 Å². The Morgan fingerprint density at radius 2 is 2.07 bits per heavy atom. The summed E-state index contributed by atoms with van der Waals surface area (Å²) in [5, 5.41) is 9.55. The van der Waals surface area contributed by atoms with Gasteiger partial charge in [0.05, 0.1) is 16.7 Å². The minimum Gasteiger partial charge on any atom is -0.466 e. The molecule has 4 heterocycles. The molecule has 0 saturated carbocycles. The lowest BCUT2D eigenvalue weighted by atomic mass is 9.97. The Labute approximate surface area is 168 Å². The van der Waals surface area contributed by atoms with Crippen molar-refractivity contribution in [1.82, 2.24) is 20.2 Å². The summed E-state index contributed by atoms with van der Waals surface area (Å²) >= 11 is 3.04. The third-order valence-corrected chi connectivity index (χ3v) is 6.92. The van der Waals surface area contributed by atoms with Gasteiger partial charge in [-0.15, -0.1) is 21.5 Å². The molecule has 28 heavy (non-hydrogen) atoms. The van der Waals surface area contributed by atoms with Gasteiger partial charge < -0.3 is 13.8 Å². The fourth-order valence-electron chi connectivity index (χ4n) is 3.61. The molecule has 1 aliphatic rings. The zero-order valence-corrected chi connectivity index (χ0v) is 17.1. The molecule has 9 heteroatoms. The summed E-state index contributed by atoms with van der Waals surface area (Å²) in [6, 6.07) is 1.88. The van der Waals surface area contributed by atoms with E-state index in [4.69, 9.17) is 8.83 Å². The highest BCUT2D eigenvalue weighted by Gasteiger charge is 2.20. The number of hydrogen-bond acceptors (Lipinski definition) is 8. The van der Waals surface area contributed by atoms with Crippen LogP contribution in [0.25, 0.3) is 21.7 Å². The SMILES string of the molecule is Cc1cc(-c2nnc(CSc3nc4sc5c(c4c(=O)[nH]3)CCCC5)o2)c(C)o1. The van der Waals surface area contributed by atoms with E-state index in [1.165, 1.54) is 28.6 Å². The second kappa shape index (κ2) is 6.89. The molecule has 0 spiro atoms. The first-order valence-electron chi connectivity index (χ1n) is 9.15. The smallest absolute Gasteiger partial charge is 0.260 e. The molecular weight excluding hydrogens is 396 g/mol. The predicted octanol–water partition coefficient (Wildman–Crippen LogP) is 4.42. The molecule has 0 aliphatic heterocycles. The van der Waals surface area contributed by atoms with Crippen LogP contribution in [0.15, 0.2) is 24.9 Å². The van der Waals surface area contributed by atoms with E-state index in [9.17, 15) is 4.79 Å². The van der Waals surface area contributed by atoms with Gasteiger partial charge in [-0.1, -0.05) is 11.8 Å². The molecule has 0 bridgehead atoms. The fourth-order valence-corrected chi connectivity index (χ4v) is 5.62. The Bertz CT molecular complexity index is 1230. The Kier molecular flexibility index (Phi) is 4.36. The van der Waals surface area contributed by atoms with Gasteiger partial charge >= 0.3 is 0 Å². The fraction of sp³-hybridized carbons (Fsp3) is 0.368. The van der Waals surface area contributed by atoms with Gasteiger partial charge in [-0.05, 0) is 51.2 Å². The normalized spacial score (nSPS) is 13.9. The molecule has 0 fully saturated rings. The number of H-pyrrole nitrogens is 1. The van der Waals surface area contributed by atoms with Crippen molar-refractivity contribution < 1.29 is 8.83 Å². The van der Waals surface area contributed by atoms with Crippen molar-refractivity contribution in [1.29, 1.82) is 0 Å². The third-order valence-electron chi connectivity index (χ3n) is 4.87. The van der Waals surface area contributed by atoms with Gasteiger partial charge in [-0.3, -0.25) is 4.79 Å². The molecule has 0 radical (unpaired) electrons. The molecule has 0 atom stereocenters. The quantitative estimate of drug-likeness (QED) is 0.390. The number of aromatic nitrogens is 4. The zero-order valence-electron chi connectivity index (χ0n) is 15.5. The van der Waals surface area contributed by atoms with Gasteiger partial charge in [-0.25, -0.2) is 4.98 Å². The molecular formula is C19H18N4O3S2. The number of hydrogen-bond donors (Lipinski definition) is 1. The van der Waals surface area contributed by atoms with Crippen LogP contribution >= 0.6 is 23.1 Å². The maximum absolute atomic E-state index is 12.6. The number of aryl methyl sites for hydroxylation is 4. The van der Waals surface area contributed by atoms with Crippen LogP contribution in [-0.2, 0) is 18.6 Å². The standard InChI is InChI=1S/C19H18N4O3S2/c1-9-7-12(10(2)25-9)17-23-22-14(26-17)8-27-19-20-16(24)15-11-5-3-4-6-13(11)28-18(15)21-19/h7H,3-6,8H2,1-2H3,(H,20,21,24). The number of aromatic amines is 1. The summed E-state index contributed by atoms with van der Waals surface area (Å²) in [6.07, 6.45) is 4.36. The Hall–Kier alpha value is -2.39. The molecule has 0 amide bonds. The minimum atomic E-state index is -0.0531. The van der Waals surface area contributed by atoms with Crippen molar-refractivity contribution in [3.63, 3.8) is 0 Å². The van der Waals surface area contributed by atoms with Crippen LogP contribution in [-0.4, -0.2) is 20.2 Å². The van der Waals surface area contributed by atoms with Gasteiger partial charge in [-0.2, -0.15) is 0 Å². The van der Waals surface area contributed by atoms with Crippen LogP contribution < -0.4 is 5.56 Å². The second-order valence-corrected chi connectivity index (χ2v) is 8.93. The first kappa shape index (κ1) is 17.7. The molecule has 5 rings (SSSR count). The molecule has 144 valence electrons.